The summed E-state index contributed by atoms with van der Waals surface area (Å²) in [4.78, 5) is 0.348. The summed E-state index contributed by atoms with van der Waals surface area (Å²) >= 11 is 0. The van der Waals surface area contributed by atoms with Crippen molar-refractivity contribution in [3.63, 3.8) is 0 Å². The molecule has 0 amide bonds. The lowest BCUT2D eigenvalue weighted by atomic mass is 9.97. The van der Waals surface area contributed by atoms with Gasteiger partial charge in [-0.05, 0) is 68.0 Å². The molecule has 6 heteroatoms. The van der Waals surface area contributed by atoms with Crippen molar-refractivity contribution in [1.29, 1.82) is 0 Å². The summed E-state index contributed by atoms with van der Waals surface area (Å²) in [6.45, 7) is 1.96. The van der Waals surface area contributed by atoms with E-state index in [4.69, 9.17) is 4.74 Å². The Hall–Kier alpha value is -1.92. The average molecular weight is 392 g/mol. The van der Waals surface area contributed by atoms with Crippen LogP contribution in [0.2, 0.25) is 0 Å². The maximum Gasteiger partial charge on any atom is 0.175 e. The molecule has 0 radical (unpaired) electrons. The molecule has 1 unspecified atom stereocenters. The molecule has 2 aromatic rings. The molecule has 0 spiro atoms. The van der Waals surface area contributed by atoms with E-state index >= 15 is 0 Å². The Labute approximate surface area is 160 Å². The Morgan fingerprint density at radius 3 is 2.48 bits per heavy atom. The van der Waals surface area contributed by atoms with Gasteiger partial charge in [0.15, 0.2) is 9.84 Å². The molecule has 1 aliphatic carbocycles. The van der Waals surface area contributed by atoms with E-state index in [0.717, 1.165) is 24.8 Å². The number of methoxy groups -OCH3 is 1. The van der Waals surface area contributed by atoms with E-state index in [9.17, 15) is 12.8 Å². The maximum atomic E-state index is 14.2. The highest BCUT2D eigenvalue weighted by Gasteiger charge is 2.27. The summed E-state index contributed by atoms with van der Waals surface area (Å²) in [7, 11) is -1.59. The smallest absolute Gasteiger partial charge is 0.175 e. The summed E-state index contributed by atoms with van der Waals surface area (Å²) in [6.07, 6.45) is 4.21. The summed E-state index contributed by atoms with van der Waals surface area (Å²) < 4.78 is 42.6. The Morgan fingerprint density at radius 2 is 1.85 bits per heavy atom. The SMILES string of the molecule is COc1ccc(F)c([C@@H](C)NC2CC[C@H](c3ccc(S(C)(=O)=O)cc3)C2)c1. The first-order valence-corrected chi connectivity index (χ1v) is 11.1. The van der Waals surface area contributed by atoms with Gasteiger partial charge < -0.3 is 10.1 Å². The fourth-order valence-electron chi connectivity index (χ4n) is 3.85. The van der Waals surface area contributed by atoms with Crippen LogP contribution in [0.5, 0.6) is 5.75 Å². The summed E-state index contributed by atoms with van der Waals surface area (Å²) in [5, 5.41) is 3.53. The quantitative estimate of drug-likeness (QED) is 0.801. The number of hydrogen-bond acceptors (Lipinski definition) is 4. The monoisotopic (exact) mass is 391 g/mol. The minimum absolute atomic E-state index is 0.114. The molecule has 3 atom stereocenters. The van der Waals surface area contributed by atoms with Crippen LogP contribution >= 0.6 is 0 Å². The Bertz CT molecular complexity index is 896. The zero-order chi connectivity index (χ0) is 19.6. The lowest BCUT2D eigenvalue weighted by Crippen LogP contribution is -2.29. The highest BCUT2D eigenvalue weighted by molar-refractivity contribution is 7.90. The number of halogens is 1. The Morgan fingerprint density at radius 1 is 1.15 bits per heavy atom. The first-order chi connectivity index (χ1) is 12.8. The van der Waals surface area contributed by atoms with Gasteiger partial charge in [-0.3, -0.25) is 0 Å². The molecule has 146 valence electrons. The van der Waals surface area contributed by atoms with E-state index in [0.29, 0.717) is 28.2 Å². The van der Waals surface area contributed by atoms with Crippen LogP contribution in [0.25, 0.3) is 0 Å². The van der Waals surface area contributed by atoms with Crippen LogP contribution in [0.1, 0.15) is 49.3 Å². The highest BCUT2D eigenvalue weighted by atomic mass is 32.2. The van der Waals surface area contributed by atoms with E-state index in [-0.39, 0.29) is 11.9 Å². The second-order valence-electron chi connectivity index (χ2n) is 7.32. The molecule has 1 fully saturated rings. The molecule has 4 nitrogen and oxygen atoms in total. The number of benzene rings is 2. The summed E-state index contributed by atoms with van der Waals surface area (Å²) in [5.41, 5.74) is 1.77. The summed E-state index contributed by atoms with van der Waals surface area (Å²) in [5.74, 6) is 0.801. The Kier molecular flexibility index (Phi) is 5.86. The molecular weight excluding hydrogens is 365 g/mol. The molecule has 0 heterocycles. The van der Waals surface area contributed by atoms with Gasteiger partial charge in [-0.2, -0.15) is 0 Å². The first kappa shape index (κ1) is 19.8. The average Bonchev–Trinajstić information content (AvgIpc) is 3.10. The van der Waals surface area contributed by atoms with E-state index in [1.54, 1.807) is 31.4 Å². The maximum absolute atomic E-state index is 14.2. The van der Waals surface area contributed by atoms with Gasteiger partial charge in [-0.15, -0.1) is 0 Å². The van der Waals surface area contributed by atoms with Crippen LogP contribution in [-0.4, -0.2) is 27.8 Å². The molecule has 1 N–H and O–H groups in total. The predicted octanol–water partition coefficient (Wildman–Crippen LogP) is 4.22. The van der Waals surface area contributed by atoms with E-state index in [1.165, 1.54) is 12.3 Å². The van der Waals surface area contributed by atoms with Crippen LogP contribution in [0, 0.1) is 5.82 Å². The zero-order valence-corrected chi connectivity index (χ0v) is 16.7. The normalized spacial score (nSPS) is 21.2. The molecule has 3 rings (SSSR count). The van der Waals surface area contributed by atoms with Crippen LogP contribution in [-0.2, 0) is 9.84 Å². The molecule has 27 heavy (non-hydrogen) atoms. The molecule has 2 aromatic carbocycles. The summed E-state index contributed by atoms with van der Waals surface area (Å²) in [6, 6.07) is 12.2. The molecular formula is C21H26FNO3S. The van der Waals surface area contributed by atoms with Crippen molar-refractivity contribution in [1.82, 2.24) is 5.32 Å². The van der Waals surface area contributed by atoms with Gasteiger partial charge in [0.05, 0.1) is 12.0 Å². The predicted molar refractivity (Wildman–Crippen MR) is 104 cm³/mol. The first-order valence-electron chi connectivity index (χ1n) is 9.17. The molecule has 0 aromatic heterocycles. The van der Waals surface area contributed by atoms with E-state index in [2.05, 4.69) is 5.32 Å². The number of sulfone groups is 1. The second kappa shape index (κ2) is 7.98. The fourth-order valence-corrected chi connectivity index (χ4v) is 4.48. The largest absolute Gasteiger partial charge is 0.497 e. The van der Waals surface area contributed by atoms with Crippen molar-refractivity contribution >= 4 is 9.84 Å². The van der Waals surface area contributed by atoms with Crippen molar-refractivity contribution in [3.8, 4) is 5.75 Å². The third kappa shape index (κ3) is 4.68. The van der Waals surface area contributed by atoms with Gasteiger partial charge >= 0.3 is 0 Å². The third-order valence-corrected chi connectivity index (χ3v) is 6.50. The number of hydrogen-bond donors (Lipinski definition) is 1. The number of ether oxygens (including phenoxy) is 1. The molecule has 1 saturated carbocycles. The van der Waals surface area contributed by atoms with Gasteiger partial charge in [-0.1, -0.05) is 12.1 Å². The van der Waals surface area contributed by atoms with Gasteiger partial charge in [0.1, 0.15) is 11.6 Å². The number of nitrogens with one attached hydrogen (secondary N) is 1. The number of rotatable bonds is 6. The topological polar surface area (TPSA) is 55.4 Å². The minimum Gasteiger partial charge on any atom is -0.497 e. The van der Waals surface area contributed by atoms with Crippen LogP contribution in [0.15, 0.2) is 47.4 Å². The van der Waals surface area contributed by atoms with Crippen molar-refractivity contribution in [2.75, 3.05) is 13.4 Å². The second-order valence-corrected chi connectivity index (χ2v) is 9.34. The highest BCUT2D eigenvalue weighted by Crippen LogP contribution is 2.36. The third-order valence-electron chi connectivity index (χ3n) is 5.37. The van der Waals surface area contributed by atoms with Gasteiger partial charge in [0, 0.05) is 23.9 Å². The van der Waals surface area contributed by atoms with E-state index in [1.807, 2.05) is 19.1 Å². The lowest BCUT2D eigenvalue weighted by Gasteiger charge is -2.21. The van der Waals surface area contributed by atoms with Crippen LogP contribution in [0.4, 0.5) is 4.39 Å². The van der Waals surface area contributed by atoms with Crippen molar-refractivity contribution in [2.45, 2.75) is 49.1 Å². The van der Waals surface area contributed by atoms with Gasteiger partial charge in [0.2, 0.25) is 0 Å². The molecule has 0 bridgehead atoms. The minimum atomic E-state index is -3.17. The zero-order valence-electron chi connectivity index (χ0n) is 15.9. The fraction of sp³-hybridized carbons (Fsp3) is 0.429. The van der Waals surface area contributed by atoms with Gasteiger partial charge in [-0.25, -0.2) is 12.8 Å². The van der Waals surface area contributed by atoms with Crippen LogP contribution in [0.3, 0.4) is 0 Å². The lowest BCUT2D eigenvalue weighted by molar-refractivity contribution is 0.407. The molecule has 1 aliphatic rings. The van der Waals surface area contributed by atoms with Crippen molar-refractivity contribution in [3.05, 3.63) is 59.4 Å². The molecule has 0 saturated heterocycles. The van der Waals surface area contributed by atoms with Crippen molar-refractivity contribution in [2.24, 2.45) is 0 Å². The van der Waals surface area contributed by atoms with Crippen molar-refractivity contribution < 1.29 is 17.5 Å². The van der Waals surface area contributed by atoms with Gasteiger partial charge in [0.25, 0.3) is 0 Å². The molecule has 0 aliphatic heterocycles. The van der Waals surface area contributed by atoms with Crippen LogP contribution < -0.4 is 10.1 Å². The standard InChI is InChI=1S/C21H26FNO3S/c1-14(20-13-18(26-2)8-11-21(20)22)23-17-7-4-16(12-17)15-5-9-19(10-6-15)27(3,24)25/h5-6,8-11,13-14,16-17,23H,4,7,12H2,1-3H3/t14-,16+,17?/m1/s1. The van der Waals surface area contributed by atoms with E-state index < -0.39 is 9.84 Å². The Balaban J connectivity index is 1.64.